The van der Waals surface area contributed by atoms with Gasteiger partial charge in [0.2, 0.25) is 5.89 Å². The van der Waals surface area contributed by atoms with Gasteiger partial charge in [-0.2, -0.15) is 0 Å². The van der Waals surface area contributed by atoms with Gasteiger partial charge in [0.25, 0.3) is 0 Å². The van der Waals surface area contributed by atoms with E-state index < -0.39 is 0 Å². The van der Waals surface area contributed by atoms with E-state index in [1.54, 1.807) is 12.5 Å². The van der Waals surface area contributed by atoms with Crippen molar-refractivity contribution < 1.29 is 9.15 Å². The molecule has 1 unspecified atom stereocenters. The maximum absolute atomic E-state index is 6.14. The Bertz CT molecular complexity index is 660. The molecule has 4 heteroatoms. The van der Waals surface area contributed by atoms with Crippen LogP contribution in [-0.4, -0.2) is 23.2 Å². The van der Waals surface area contributed by atoms with Crippen molar-refractivity contribution in [2.75, 3.05) is 11.9 Å². The Hall–Kier alpha value is -1.81. The molecule has 1 saturated carbocycles. The van der Waals surface area contributed by atoms with Crippen molar-refractivity contribution in [3.8, 4) is 11.5 Å². The molecule has 2 aliphatic rings. The minimum Gasteiger partial charge on any atom is -0.445 e. The molecule has 4 rings (SSSR count). The summed E-state index contributed by atoms with van der Waals surface area (Å²) in [5.41, 5.74) is 3.58. The van der Waals surface area contributed by atoms with Crippen molar-refractivity contribution in [2.24, 2.45) is 0 Å². The lowest BCUT2D eigenvalue weighted by Gasteiger charge is -2.39. The maximum atomic E-state index is 6.14. The van der Waals surface area contributed by atoms with Crippen LogP contribution in [0.25, 0.3) is 11.5 Å². The molecule has 122 valence electrons. The van der Waals surface area contributed by atoms with Crippen LogP contribution < -0.4 is 5.32 Å². The average Bonchev–Trinajstić information content (AvgIpc) is 3.22. The normalized spacial score (nSPS) is 23.3. The summed E-state index contributed by atoms with van der Waals surface area (Å²) in [6.07, 6.45) is 10.6. The molecule has 1 N–H and O–H groups in total. The van der Waals surface area contributed by atoms with Crippen molar-refractivity contribution in [2.45, 2.75) is 57.1 Å². The van der Waals surface area contributed by atoms with Crippen LogP contribution in [-0.2, 0) is 4.74 Å². The van der Waals surface area contributed by atoms with E-state index in [-0.39, 0.29) is 5.60 Å². The quantitative estimate of drug-likeness (QED) is 0.903. The zero-order valence-electron chi connectivity index (χ0n) is 13.7. The van der Waals surface area contributed by atoms with E-state index in [0.717, 1.165) is 25.0 Å². The molecular formula is C19H24N2O2. The van der Waals surface area contributed by atoms with Gasteiger partial charge in [-0.25, -0.2) is 4.98 Å². The zero-order chi connectivity index (χ0) is 15.7. The highest BCUT2D eigenvalue weighted by atomic mass is 16.5. The third-order valence-corrected chi connectivity index (χ3v) is 5.36. The lowest BCUT2D eigenvalue weighted by atomic mass is 9.88. The average molecular weight is 312 g/mol. The van der Waals surface area contributed by atoms with Gasteiger partial charge in [0, 0.05) is 23.9 Å². The van der Waals surface area contributed by atoms with Gasteiger partial charge in [-0.05, 0) is 50.3 Å². The second kappa shape index (κ2) is 6.00. The van der Waals surface area contributed by atoms with Gasteiger partial charge in [-0.3, -0.25) is 0 Å². The molecule has 1 atom stereocenters. The number of nitrogens with zero attached hydrogens (tertiary/aromatic N) is 1. The summed E-state index contributed by atoms with van der Waals surface area (Å²) >= 11 is 0. The summed E-state index contributed by atoms with van der Waals surface area (Å²) < 4.78 is 11.6. The van der Waals surface area contributed by atoms with Crippen LogP contribution in [0.15, 0.2) is 35.1 Å². The Kier molecular flexibility index (Phi) is 3.85. The van der Waals surface area contributed by atoms with Gasteiger partial charge in [0.05, 0.1) is 11.8 Å². The van der Waals surface area contributed by atoms with Crippen LogP contribution in [0.1, 0.15) is 44.1 Å². The number of anilines is 1. The summed E-state index contributed by atoms with van der Waals surface area (Å²) in [7, 11) is 0. The minimum absolute atomic E-state index is 0.143. The van der Waals surface area contributed by atoms with Crippen molar-refractivity contribution in [1.82, 2.24) is 4.98 Å². The number of oxazole rings is 1. The first kappa shape index (κ1) is 14.8. The first-order chi connectivity index (χ1) is 11.3. The van der Waals surface area contributed by atoms with E-state index in [9.17, 15) is 0 Å². The third-order valence-electron chi connectivity index (χ3n) is 5.36. The van der Waals surface area contributed by atoms with Gasteiger partial charge >= 0.3 is 0 Å². The second-order valence-electron chi connectivity index (χ2n) is 6.89. The summed E-state index contributed by atoms with van der Waals surface area (Å²) in [4.78, 5) is 4.28. The third kappa shape index (κ3) is 2.88. The number of rotatable bonds is 3. The van der Waals surface area contributed by atoms with Gasteiger partial charge in [0.1, 0.15) is 6.26 Å². The van der Waals surface area contributed by atoms with Gasteiger partial charge in [0.15, 0.2) is 0 Å². The SMILES string of the molecule is Cc1c(NC2CCOC3(CCCC3)C2)cccc1-c1ncco1. The van der Waals surface area contributed by atoms with Crippen LogP contribution in [0, 0.1) is 6.92 Å². The van der Waals surface area contributed by atoms with Gasteiger partial charge < -0.3 is 14.5 Å². The standard InChI is InChI=1S/C19H24N2O2/c1-14-16(18-20-10-12-22-18)5-4-6-17(14)21-15-7-11-23-19(13-15)8-2-3-9-19/h4-6,10,12,15,21H,2-3,7-9,11,13H2,1H3. The highest BCUT2D eigenvalue weighted by Crippen LogP contribution is 2.41. The predicted molar refractivity (Wildman–Crippen MR) is 90.5 cm³/mol. The van der Waals surface area contributed by atoms with E-state index in [1.807, 2.05) is 0 Å². The molecule has 1 aromatic carbocycles. The number of ether oxygens (including phenoxy) is 1. The van der Waals surface area contributed by atoms with Crippen molar-refractivity contribution in [1.29, 1.82) is 0 Å². The molecule has 23 heavy (non-hydrogen) atoms. The monoisotopic (exact) mass is 312 g/mol. The summed E-state index contributed by atoms with van der Waals surface area (Å²) in [6, 6.07) is 6.77. The molecule has 1 aliphatic carbocycles. The van der Waals surface area contributed by atoms with Crippen LogP contribution in [0.2, 0.25) is 0 Å². The van der Waals surface area contributed by atoms with Crippen LogP contribution in [0.4, 0.5) is 5.69 Å². The van der Waals surface area contributed by atoms with E-state index in [0.29, 0.717) is 11.9 Å². The Morgan fingerprint density at radius 2 is 2.13 bits per heavy atom. The Morgan fingerprint density at radius 3 is 2.91 bits per heavy atom. The molecule has 2 heterocycles. The van der Waals surface area contributed by atoms with Crippen molar-refractivity contribution in [3.63, 3.8) is 0 Å². The molecule has 4 nitrogen and oxygen atoms in total. The molecule has 2 fully saturated rings. The lowest BCUT2D eigenvalue weighted by Crippen LogP contribution is -2.42. The van der Waals surface area contributed by atoms with Crippen molar-refractivity contribution in [3.05, 3.63) is 36.2 Å². The molecule has 0 amide bonds. The van der Waals surface area contributed by atoms with Crippen LogP contribution >= 0.6 is 0 Å². The van der Waals surface area contributed by atoms with E-state index in [2.05, 4.69) is 35.4 Å². The molecule has 1 spiro atoms. The van der Waals surface area contributed by atoms with E-state index in [4.69, 9.17) is 9.15 Å². The first-order valence-electron chi connectivity index (χ1n) is 8.66. The minimum atomic E-state index is 0.143. The Balaban J connectivity index is 1.54. The predicted octanol–water partition coefficient (Wildman–Crippen LogP) is 4.55. The number of aromatic nitrogens is 1. The lowest BCUT2D eigenvalue weighted by molar-refractivity contribution is -0.0767. The molecule has 0 radical (unpaired) electrons. The smallest absolute Gasteiger partial charge is 0.226 e. The Labute approximate surface area is 137 Å². The molecule has 0 bridgehead atoms. The molecule has 1 aromatic heterocycles. The summed E-state index contributed by atoms with van der Waals surface area (Å²) in [6.45, 7) is 3.00. The highest BCUT2D eigenvalue weighted by Gasteiger charge is 2.39. The van der Waals surface area contributed by atoms with Gasteiger partial charge in [-0.15, -0.1) is 0 Å². The summed E-state index contributed by atoms with van der Waals surface area (Å²) in [5, 5.41) is 3.75. The first-order valence-corrected chi connectivity index (χ1v) is 8.66. The van der Waals surface area contributed by atoms with Crippen molar-refractivity contribution >= 4 is 5.69 Å². The molecule has 1 saturated heterocycles. The second-order valence-corrected chi connectivity index (χ2v) is 6.89. The zero-order valence-corrected chi connectivity index (χ0v) is 13.7. The topological polar surface area (TPSA) is 47.3 Å². The van der Waals surface area contributed by atoms with Gasteiger partial charge in [-0.1, -0.05) is 18.9 Å². The summed E-state index contributed by atoms with van der Waals surface area (Å²) in [5.74, 6) is 0.686. The largest absolute Gasteiger partial charge is 0.445 e. The highest BCUT2D eigenvalue weighted by molar-refractivity contribution is 5.68. The van der Waals surface area contributed by atoms with E-state index in [1.165, 1.54) is 36.9 Å². The number of nitrogens with one attached hydrogen (secondary N) is 1. The molecule has 1 aliphatic heterocycles. The number of hydrogen-bond donors (Lipinski definition) is 1. The Morgan fingerprint density at radius 1 is 1.26 bits per heavy atom. The fourth-order valence-corrected chi connectivity index (χ4v) is 4.12. The van der Waals surface area contributed by atoms with E-state index >= 15 is 0 Å². The maximum Gasteiger partial charge on any atom is 0.226 e. The number of hydrogen-bond acceptors (Lipinski definition) is 4. The van der Waals surface area contributed by atoms with Crippen LogP contribution in [0.3, 0.4) is 0 Å². The fourth-order valence-electron chi connectivity index (χ4n) is 4.12. The van der Waals surface area contributed by atoms with Crippen LogP contribution in [0.5, 0.6) is 0 Å². The molecule has 2 aromatic rings. The fraction of sp³-hybridized carbons (Fsp3) is 0.526. The molecular weight excluding hydrogens is 288 g/mol. The number of benzene rings is 1.